The second kappa shape index (κ2) is 3.91. The van der Waals surface area contributed by atoms with Crippen molar-refractivity contribution in [1.29, 1.82) is 0 Å². The minimum atomic E-state index is -0.419. The van der Waals surface area contributed by atoms with Crippen molar-refractivity contribution < 1.29 is 9.53 Å². The molecule has 0 radical (unpaired) electrons. The Hall–Kier alpha value is -0.770. The van der Waals surface area contributed by atoms with Gasteiger partial charge in [-0.1, -0.05) is 0 Å². The number of likely N-dealkylation sites (tertiary alicyclic amines) is 1. The average molecular weight is 226 g/mol. The Morgan fingerprint density at radius 3 is 2.69 bits per heavy atom. The lowest BCUT2D eigenvalue weighted by atomic mass is 9.99. The van der Waals surface area contributed by atoms with E-state index in [1.807, 2.05) is 25.7 Å². The van der Waals surface area contributed by atoms with Gasteiger partial charge in [0.25, 0.3) is 0 Å². The number of amides is 1. The van der Waals surface area contributed by atoms with Crippen LogP contribution in [0.3, 0.4) is 0 Å². The molecule has 2 aliphatic rings. The fourth-order valence-corrected chi connectivity index (χ4v) is 3.00. The van der Waals surface area contributed by atoms with Crippen molar-refractivity contribution in [3.8, 4) is 0 Å². The lowest BCUT2D eigenvalue weighted by Crippen LogP contribution is -2.50. The molecular weight excluding hydrogens is 204 g/mol. The molecule has 2 bridgehead atoms. The summed E-state index contributed by atoms with van der Waals surface area (Å²) in [6.07, 6.45) is 3.25. The molecule has 1 aliphatic heterocycles. The summed E-state index contributed by atoms with van der Waals surface area (Å²) in [7, 11) is 0. The third kappa shape index (κ3) is 2.03. The molecule has 3 atom stereocenters. The molecule has 2 fully saturated rings. The summed E-state index contributed by atoms with van der Waals surface area (Å²) in [5.74, 6) is 0.600. The molecule has 2 N–H and O–H groups in total. The third-order valence-electron chi connectivity index (χ3n) is 3.59. The fourth-order valence-electron chi connectivity index (χ4n) is 3.00. The molecule has 3 unspecified atom stereocenters. The molecule has 1 aliphatic carbocycles. The second-order valence-electron chi connectivity index (χ2n) is 5.92. The van der Waals surface area contributed by atoms with Crippen LogP contribution in [0.2, 0.25) is 0 Å². The quantitative estimate of drug-likeness (QED) is 0.741. The number of ether oxygens (including phenoxy) is 1. The summed E-state index contributed by atoms with van der Waals surface area (Å²) in [6, 6.07) is 0.571. The Labute approximate surface area is 97.1 Å². The number of hydrogen-bond donors (Lipinski definition) is 1. The first-order chi connectivity index (χ1) is 7.42. The predicted octanol–water partition coefficient (Wildman–Crippen LogP) is 1.73. The molecule has 1 saturated carbocycles. The van der Waals surface area contributed by atoms with Crippen molar-refractivity contribution in [1.82, 2.24) is 4.90 Å². The number of piperidine rings is 1. The van der Waals surface area contributed by atoms with E-state index in [0.29, 0.717) is 18.5 Å². The van der Waals surface area contributed by atoms with E-state index >= 15 is 0 Å². The van der Waals surface area contributed by atoms with Crippen LogP contribution in [-0.4, -0.2) is 35.2 Å². The number of nitrogens with zero attached hydrogens (tertiary/aromatic N) is 1. The van der Waals surface area contributed by atoms with E-state index in [2.05, 4.69) is 0 Å². The summed E-state index contributed by atoms with van der Waals surface area (Å²) < 4.78 is 5.44. The second-order valence-corrected chi connectivity index (χ2v) is 5.92. The van der Waals surface area contributed by atoms with Crippen LogP contribution in [0.25, 0.3) is 0 Å². The zero-order valence-electron chi connectivity index (χ0n) is 10.4. The smallest absolute Gasteiger partial charge is 0.410 e. The summed E-state index contributed by atoms with van der Waals surface area (Å²) in [5.41, 5.74) is 5.34. The van der Waals surface area contributed by atoms with Crippen molar-refractivity contribution in [3.05, 3.63) is 0 Å². The van der Waals surface area contributed by atoms with Gasteiger partial charge in [-0.25, -0.2) is 4.79 Å². The minimum absolute atomic E-state index is 0.185. The molecule has 4 heteroatoms. The topological polar surface area (TPSA) is 55.6 Å². The lowest BCUT2D eigenvalue weighted by molar-refractivity contribution is 0.00857. The predicted molar refractivity (Wildman–Crippen MR) is 62.0 cm³/mol. The van der Waals surface area contributed by atoms with Crippen LogP contribution < -0.4 is 5.73 Å². The zero-order chi connectivity index (χ0) is 11.9. The van der Waals surface area contributed by atoms with Gasteiger partial charge in [-0.05, 0) is 46.0 Å². The first-order valence-electron chi connectivity index (χ1n) is 6.14. The molecular formula is C12H22N2O2. The largest absolute Gasteiger partial charge is 0.444 e. The van der Waals surface area contributed by atoms with E-state index in [9.17, 15) is 4.79 Å². The maximum Gasteiger partial charge on any atom is 0.410 e. The first kappa shape index (κ1) is 11.7. The number of carbonyl (C=O) groups is 1. The number of nitrogens with two attached hydrogens (primary N) is 1. The Morgan fingerprint density at radius 1 is 1.44 bits per heavy atom. The third-order valence-corrected chi connectivity index (χ3v) is 3.59. The highest BCUT2D eigenvalue weighted by molar-refractivity contribution is 5.69. The van der Waals surface area contributed by atoms with Gasteiger partial charge < -0.3 is 15.4 Å². The van der Waals surface area contributed by atoms with Gasteiger partial charge in [0.1, 0.15) is 5.60 Å². The highest BCUT2D eigenvalue weighted by atomic mass is 16.6. The van der Waals surface area contributed by atoms with Gasteiger partial charge in [-0.15, -0.1) is 0 Å². The molecule has 4 nitrogen and oxygen atoms in total. The van der Waals surface area contributed by atoms with Gasteiger partial charge in [0.2, 0.25) is 0 Å². The molecule has 0 spiro atoms. The molecule has 92 valence electrons. The van der Waals surface area contributed by atoms with E-state index in [1.165, 1.54) is 6.42 Å². The van der Waals surface area contributed by atoms with Gasteiger partial charge in [0.05, 0.1) is 6.04 Å². The Morgan fingerprint density at radius 2 is 2.12 bits per heavy atom. The van der Waals surface area contributed by atoms with Gasteiger partial charge in [-0.2, -0.15) is 0 Å². The first-order valence-corrected chi connectivity index (χ1v) is 6.14. The van der Waals surface area contributed by atoms with E-state index in [1.54, 1.807) is 0 Å². The van der Waals surface area contributed by atoms with Gasteiger partial charge in [-0.3, -0.25) is 0 Å². The molecule has 2 rings (SSSR count). The van der Waals surface area contributed by atoms with Crippen molar-refractivity contribution >= 4 is 6.09 Å². The van der Waals surface area contributed by atoms with E-state index < -0.39 is 5.60 Å². The Kier molecular flexibility index (Phi) is 2.86. The van der Waals surface area contributed by atoms with Gasteiger partial charge in [0, 0.05) is 12.6 Å². The molecule has 0 aromatic rings. The average Bonchev–Trinajstić information content (AvgIpc) is 2.72. The number of carbonyl (C=O) groups excluding carboxylic acids is 1. The van der Waals surface area contributed by atoms with Crippen LogP contribution in [0, 0.1) is 5.92 Å². The number of hydrogen-bond acceptors (Lipinski definition) is 3. The number of rotatable bonds is 1. The van der Waals surface area contributed by atoms with Crippen LogP contribution in [0.4, 0.5) is 4.79 Å². The normalized spacial score (nSPS) is 33.2. The van der Waals surface area contributed by atoms with E-state index in [-0.39, 0.29) is 12.1 Å². The maximum absolute atomic E-state index is 12.1. The SMILES string of the molecule is CC(C)(C)OC(=O)N1C2CCC(C2)C1CN. The van der Waals surface area contributed by atoms with Crippen molar-refractivity contribution in [2.75, 3.05) is 6.54 Å². The Balaban J connectivity index is 2.06. The van der Waals surface area contributed by atoms with Crippen LogP contribution in [0.1, 0.15) is 40.0 Å². The van der Waals surface area contributed by atoms with Crippen LogP contribution in [0.5, 0.6) is 0 Å². The summed E-state index contributed by atoms with van der Waals surface area (Å²) in [6.45, 7) is 6.25. The van der Waals surface area contributed by atoms with Crippen molar-refractivity contribution in [2.45, 2.75) is 57.7 Å². The minimum Gasteiger partial charge on any atom is -0.444 e. The highest BCUT2D eigenvalue weighted by Crippen LogP contribution is 2.42. The van der Waals surface area contributed by atoms with Crippen molar-refractivity contribution in [2.24, 2.45) is 11.7 Å². The van der Waals surface area contributed by atoms with Gasteiger partial charge >= 0.3 is 6.09 Å². The van der Waals surface area contributed by atoms with Crippen molar-refractivity contribution in [3.63, 3.8) is 0 Å². The van der Waals surface area contributed by atoms with Crippen LogP contribution >= 0.6 is 0 Å². The summed E-state index contributed by atoms with van der Waals surface area (Å²) in [5, 5.41) is 0. The maximum atomic E-state index is 12.1. The molecule has 0 aromatic heterocycles. The summed E-state index contributed by atoms with van der Waals surface area (Å²) >= 11 is 0. The highest BCUT2D eigenvalue weighted by Gasteiger charge is 2.48. The van der Waals surface area contributed by atoms with E-state index in [4.69, 9.17) is 10.5 Å². The van der Waals surface area contributed by atoms with Crippen LogP contribution in [0.15, 0.2) is 0 Å². The standard InChI is InChI=1S/C12H22N2O2/c1-12(2,3)16-11(15)14-9-5-4-8(6-9)10(14)7-13/h8-10H,4-7,13H2,1-3H3. The Bertz CT molecular complexity index is 285. The number of fused-ring (bicyclic) bond motifs is 2. The molecule has 1 heterocycles. The van der Waals surface area contributed by atoms with E-state index in [0.717, 1.165) is 12.8 Å². The van der Waals surface area contributed by atoms with Crippen LogP contribution in [-0.2, 0) is 4.74 Å². The molecule has 16 heavy (non-hydrogen) atoms. The molecule has 1 saturated heterocycles. The molecule has 1 amide bonds. The lowest BCUT2D eigenvalue weighted by Gasteiger charge is -2.35. The summed E-state index contributed by atoms with van der Waals surface area (Å²) in [4.78, 5) is 14.0. The monoisotopic (exact) mass is 226 g/mol. The zero-order valence-corrected chi connectivity index (χ0v) is 10.4. The fraction of sp³-hybridized carbons (Fsp3) is 0.917. The molecule has 0 aromatic carbocycles. The van der Waals surface area contributed by atoms with Gasteiger partial charge in [0.15, 0.2) is 0 Å².